The maximum absolute atomic E-state index is 14.7. The van der Waals surface area contributed by atoms with Crippen molar-refractivity contribution in [3.05, 3.63) is 63.1 Å². The van der Waals surface area contributed by atoms with Crippen LogP contribution in [0.3, 0.4) is 0 Å². The number of piperidine rings is 1. The molecule has 4 fully saturated rings. The molecule has 0 radical (unpaired) electrons. The molecule has 2 saturated heterocycles. The number of halogens is 3. The normalized spacial score (nSPS) is 26.7. The van der Waals surface area contributed by atoms with Crippen LogP contribution in [-0.2, 0) is 11.3 Å². The van der Waals surface area contributed by atoms with Crippen LogP contribution in [0.15, 0.2) is 34.9 Å². The standard InChI is InChI=1S/C31H28Cl2FN3O4S/c32-21-2-1-3-22(33)25(21)26-20(28(41-36-26)15-4-5-15)14-40-19-12-31(13-19)10-17-6-7-18(11-31)37(17)30-35-27-23(34)8-16(29(38)39)9-24(27)42-30/h1-3,8-9,15,17-19H,4-7,10-14H2,(H,38,39). The van der Waals surface area contributed by atoms with Crippen molar-refractivity contribution in [2.75, 3.05) is 4.90 Å². The number of nitrogens with zero attached hydrogens (tertiary/aromatic N) is 3. The number of carboxylic acids is 1. The second-order valence-corrected chi connectivity index (χ2v) is 14.2. The number of hydrogen-bond donors (Lipinski definition) is 1. The predicted octanol–water partition coefficient (Wildman–Crippen LogP) is 8.47. The van der Waals surface area contributed by atoms with Crippen molar-refractivity contribution in [3.63, 3.8) is 0 Å². The maximum Gasteiger partial charge on any atom is 0.335 e. The minimum atomic E-state index is -1.14. The van der Waals surface area contributed by atoms with E-state index in [9.17, 15) is 14.3 Å². The van der Waals surface area contributed by atoms with Crippen molar-refractivity contribution >= 4 is 55.9 Å². The lowest BCUT2D eigenvalue weighted by molar-refractivity contribution is -0.103. The SMILES string of the molecule is O=C(O)c1cc(F)c2nc(N3C4CCC3CC3(CC(OCc5c(-c6c(Cl)cccc6Cl)noc5C5CC5)C3)C4)sc2c1. The molecule has 4 aliphatic rings. The Morgan fingerprint density at radius 3 is 2.50 bits per heavy atom. The highest BCUT2D eigenvalue weighted by Gasteiger charge is 2.55. The lowest BCUT2D eigenvalue weighted by atomic mass is 9.59. The first kappa shape index (κ1) is 26.9. The number of carboxylic acid groups (broad SMARTS) is 1. The molecule has 2 bridgehead atoms. The van der Waals surface area contributed by atoms with Crippen molar-refractivity contribution in [3.8, 4) is 11.3 Å². The van der Waals surface area contributed by atoms with Crippen molar-refractivity contribution in [1.29, 1.82) is 0 Å². The van der Waals surface area contributed by atoms with E-state index < -0.39 is 11.8 Å². The number of aromatic carboxylic acids is 1. The second kappa shape index (κ2) is 9.91. The Kier molecular flexibility index (Phi) is 6.34. The molecule has 2 aromatic heterocycles. The van der Waals surface area contributed by atoms with E-state index in [0.29, 0.717) is 50.6 Å². The molecule has 2 aliphatic carbocycles. The summed E-state index contributed by atoms with van der Waals surface area (Å²) in [7, 11) is 0. The van der Waals surface area contributed by atoms with Gasteiger partial charge in [0.2, 0.25) is 0 Å². The first-order valence-electron chi connectivity index (χ1n) is 14.4. The Morgan fingerprint density at radius 1 is 1.12 bits per heavy atom. The van der Waals surface area contributed by atoms with Crippen molar-refractivity contribution < 1.29 is 23.6 Å². The van der Waals surface area contributed by atoms with Gasteiger partial charge in [0, 0.05) is 29.1 Å². The molecule has 2 aromatic carbocycles. The van der Waals surface area contributed by atoms with Crippen molar-refractivity contribution in [2.45, 2.75) is 82.1 Å². The van der Waals surface area contributed by atoms with Crippen LogP contribution in [-0.4, -0.2) is 39.4 Å². The van der Waals surface area contributed by atoms with Crippen LogP contribution in [0.2, 0.25) is 10.0 Å². The molecule has 218 valence electrons. The van der Waals surface area contributed by atoms with Gasteiger partial charge in [-0.1, -0.05) is 45.8 Å². The number of hydrogen-bond acceptors (Lipinski definition) is 7. The molecule has 1 spiro atoms. The number of thiazole rings is 1. The first-order valence-corrected chi connectivity index (χ1v) is 16.0. The number of ether oxygens (including phenoxy) is 1. The molecule has 4 heterocycles. The van der Waals surface area contributed by atoms with E-state index in [0.717, 1.165) is 73.9 Å². The number of fused-ring (bicyclic) bond motifs is 3. The number of anilines is 1. The highest BCUT2D eigenvalue weighted by Crippen LogP contribution is 2.58. The summed E-state index contributed by atoms with van der Waals surface area (Å²) in [5.74, 6) is -0.441. The fraction of sp³-hybridized carbons (Fsp3) is 0.452. The molecule has 2 saturated carbocycles. The van der Waals surface area contributed by atoms with Crippen molar-refractivity contribution in [1.82, 2.24) is 10.1 Å². The van der Waals surface area contributed by atoms with Crippen LogP contribution in [0.1, 0.15) is 79.0 Å². The molecular weight excluding hydrogens is 600 g/mol. The molecule has 0 amide bonds. The molecule has 2 atom stereocenters. The number of benzene rings is 2. The molecule has 2 unspecified atom stereocenters. The highest BCUT2D eigenvalue weighted by molar-refractivity contribution is 7.22. The van der Waals surface area contributed by atoms with E-state index in [2.05, 4.69) is 15.0 Å². The first-order chi connectivity index (χ1) is 20.3. The summed E-state index contributed by atoms with van der Waals surface area (Å²) in [6.45, 7) is 0.418. The monoisotopic (exact) mass is 627 g/mol. The van der Waals surface area contributed by atoms with Gasteiger partial charge in [-0.15, -0.1) is 0 Å². The lowest BCUT2D eigenvalue weighted by Crippen LogP contribution is -2.54. The smallest absolute Gasteiger partial charge is 0.335 e. The summed E-state index contributed by atoms with van der Waals surface area (Å²) >= 11 is 14.4. The zero-order valence-corrected chi connectivity index (χ0v) is 24.9. The third kappa shape index (κ3) is 4.43. The van der Waals surface area contributed by atoms with E-state index in [1.54, 1.807) is 0 Å². The minimum absolute atomic E-state index is 0.0474. The van der Waals surface area contributed by atoms with Gasteiger partial charge in [-0.3, -0.25) is 0 Å². The zero-order valence-electron chi connectivity index (χ0n) is 22.6. The van der Waals surface area contributed by atoms with Gasteiger partial charge in [0.05, 0.1) is 33.0 Å². The zero-order chi connectivity index (χ0) is 28.7. The second-order valence-electron chi connectivity index (χ2n) is 12.4. The van der Waals surface area contributed by atoms with Gasteiger partial charge in [-0.2, -0.15) is 0 Å². The number of carbonyl (C=O) groups is 1. The van der Waals surface area contributed by atoms with Crippen molar-refractivity contribution in [2.24, 2.45) is 5.41 Å². The van der Waals surface area contributed by atoms with Gasteiger partial charge in [0.1, 0.15) is 17.0 Å². The Balaban J connectivity index is 0.965. The number of rotatable bonds is 7. The van der Waals surface area contributed by atoms with E-state index >= 15 is 0 Å². The van der Waals surface area contributed by atoms with E-state index in [4.69, 9.17) is 32.5 Å². The van der Waals surface area contributed by atoms with E-state index in [1.165, 1.54) is 17.4 Å². The maximum atomic E-state index is 14.7. The average molecular weight is 629 g/mol. The molecule has 7 nitrogen and oxygen atoms in total. The van der Waals surface area contributed by atoms with Crippen LogP contribution in [0.4, 0.5) is 9.52 Å². The van der Waals surface area contributed by atoms with Crippen LogP contribution in [0.25, 0.3) is 21.5 Å². The topological polar surface area (TPSA) is 88.7 Å². The van der Waals surface area contributed by atoms with Gasteiger partial charge in [0.15, 0.2) is 10.9 Å². The number of aromatic nitrogens is 2. The Hall–Kier alpha value is -2.72. The van der Waals surface area contributed by atoms with Gasteiger partial charge >= 0.3 is 5.97 Å². The highest BCUT2D eigenvalue weighted by atomic mass is 35.5. The molecule has 1 N–H and O–H groups in total. The third-order valence-corrected chi connectivity index (χ3v) is 11.3. The van der Waals surface area contributed by atoms with Crippen LogP contribution in [0, 0.1) is 11.2 Å². The Morgan fingerprint density at radius 2 is 1.83 bits per heavy atom. The molecular formula is C31H28Cl2FN3O4S. The third-order valence-electron chi connectivity index (χ3n) is 9.61. The quantitative estimate of drug-likeness (QED) is 0.220. The fourth-order valence-corrected chi connectivity index (χ4v) is 9.31. The van der Waals surface area contributed by atoms with E-state index in [-0.39, 0.29) is 22.6 Å². The largest absolute Gasteiger partial charge is 0.478 e. The molecule has 8 rings (SSSR count). The Bertz CT molecular complexity index is 1690. The molecule has 4 aromatic rings. The summed E-state index contributed by atoms with van der Waals surface area (Å²) < 4.78 is 27.5. The summed E-state index contributed by atoms with van der Waals surface area (Å²) in [4.78, 5) is 18.4. The van der Waals surface area contributed by atoms with Gasteiger partial charge in [-0.05, 0) is 81.0 Å². The Labute approximate surface area is 255 Å². The van der Waals surface area contributed by atoms with Crippen LogP contribution < -0.4 is 4.90 Å². The van der Waals surface area contributed by atoms with Gasteiger partial charge < -0.3 is 19.3 Å². The van der Waals surface area contributed by atoms with Gasteiger partial charge in [-0.25, -0.2) is 14.2 Å². The molecule has 11 heteroatoms. The van der Waals surface area contributed by atoms with E-state index in [1.807, 2.05) is 18.2 Å². The molecule has 42 heavy (non-hydrogen) atoms. The summed E-state index contributed by atoms with van der Waals surface area (Å²) in [6, 6.07) is 8.73. The summed E-state index contributed by atoms with van der Waals surface area (Å²) in [6.07, 6.45) is 8.66. The summed E-state index contributed by atoms with van der Waals surface area (Å²) in [5.41, 5.74) is 2.78. The predicted molar refractivity (Wildman–Crippen MR) is 159 cm³/mol. The fourth-order valence-electron chi connectivity index (χ4n) is 7.57. The van der Waals surface area contributed by atoms with Gasteiger partial charge in [0.25, 0.3) is 0 Å². The van der Waals surface area contributed by atoms with Crippen LogP contribution >= 0.6 is 34.5 Å². The lowest BCUT2D eigenvalue weighted by Gasteiger charge is -2.54. The average Bonchev–Trinajstić information content (AvgIpc) is 3.45. The summed E-state index contributed by atoms with van der Waals surface area (Å²) in [5, 5.41) is 15.6. The minimum Gasteiger partial charge on any atom is -0.478 e. The van der Waals surface area contributed by atoms with Crippen LogP contribution in [0.5, 0.6) is 0 Å². The molecule has 2 aliphatic heterocycles.